The molecule has 0 saturated heterocycles. The molecule has 0 saturated carbocycles. The Morgan fingerprint density at radius 1 is 0.860 bits per heavy atom. The number of para-hydroxylation sites is 1. The summed E-state index contributed by atoms with van der Waals surface area (Å²) >= 11 is 0. The van der Waals surface area contributed by atoms with Gasteiger partial charge in [0, 0.05) is 19.2 Å². The van der Waals surface area contributed by atoms with Crippen molar-refractivity contribution in [2.24, 2.45) is 5.92 Å². The first-order valence-corrected chi connectivity index (χ1v) is 15.5. The third-order valence-electron chi connectivity index (χ3n) is 6.85. The van der Waals surface area contributed by atoms with Gasteiger partial charge in [0.05, 0.1) is 31.9 Å². The van der Waals surface area contributed by atoms with E-state index in [1.165, 1.54) is 37.3 Å². The fraction of sp³-hybridized carbons (Fsp3) is 0.375. The van der Waals surface area contributed by atoms with E-state index in [1.54, 1.807) is 49.6 Å². The van der Waals surface area contributed by atoms with Crippen molar-refractivity contribution >= 4 is 27.5 Å². The van der Waals surface area contributed by atoms with Crippen LogP contribution < -0.4 is 23.8 Å². The summed E-state index contributed by atoms with van der Waals surface area (Å²) in [7, 11) is 0.174. The molecule has 0 aliphatic carbocycles. The first-order valence-electron chi connectivity index (χ1n) is 14.1. The zero-order chi connectivity index (χ0) is 31.6. The SMILES string of the molecule is CC[C@H](C(=O)NCC(C)C)N(Cc1ccc(OC)cc1)C(=O)CN(c1ccccc1)S(=O)(=O)c1ccc(OC)c(OC)c1. The van der Waals surface area contributed by atoms with E-state index >= 15 is 0 Å². The quantitative estimate of drug-likeness (QED) is 0.269. The molecule has 0 aliphatic heterocycles. The van der Waals surface area contributed by atoms with Gasteiger partial charge in [0.25, 0.3) is 10.0 Å². The molecule has 1 N–H and O–H groups in total. The molecular formula is C32H41N3O7S. The first-order chi connectivity index (χ1) is 20.5. The molecule has 43 heavy (non-hydrogen) atoms. The molecule has 0 bridgehead atoms. The van der Waals surface area contributed by atoms with Gasteiger partial charge in [0.2, 0.25) is 11.8 Å². The van der Waals surface area contributed by atoms with Crippen molar-refractivity contribution in [1.82, 2.24) is 10.2 Å². The van der Waals surface area contributed by atoms with Crippen LogP contribution in [0, 0.1) is 5.92 Å². The van der Waals surface area contributed by atoms with E-state index < -0.39 is 28.5 Å². The Balaban J connectivity index is 2.05. The summed E-state index contributed by atoms with van der Waals surface area (Å²) < 4.78 is 45.1. The number of amides is 2. The highest BCUT2D eigenvalue weighted by atomic mass is 32.2. The summed E-state index contributed by atoms with van der Waals surface area (Å²) in [5.41, 5.74) is 1.06. The van der Waals surface area contributed by atoms with Gasteiger partial charge in [-0.05, 0) is 54.3 Å². The Bertz CT molecular complexity index is 1460. The highest BCUT2D eigenvalue weighted by molar-refractivity contribution is 7.92. The molecule has 0 spiro atoms. The van der Waals surface area contributed by atoms with Gasteiger partial charge in [0.1, 0.15) is 18.3 Å². The van der Waals surface area contributed by atoms with Crippen LogP contribution in [0.15, 0.2) is 77.7 Å². The number of hydrogen-bond donors (Lipinski definition) is 1. The molecule has 3 aromatic rings. The lowest BCUT2D eigenvalue weighted by molar-refractivity contribution is -0.140. The molecular weight excluding hydrogens is 570 g/mol. The summed E-state index contributed by atoms with van der Waals surface area (Å²) in [6, 6.07) is 19.0. The zero-order valence-electron chi connectivity index (χ0n) is 25.6. The third kappa shape index (κ3) is 8.41. The molecule has 232 valence electrons. The predicted octanol–water partition coefficient (Wildman–Crippen LogP) is 4.49. The van der Waals surface area contributed by atoms with E-state index in [0.717, 1.165) is 9.87 Å². The van der Waals surface area contributed by atoms with E-state index in [0.29, 0.717) is 30.2 Å². The normalized spacial score (nSPS) is 11.9. The third-order valence-corrected chi connectivity index (χ3v) is 8.62. The second kappa shape index (κ2) is 15.3. The van der Waals surface area contributed by atoms with Crippen LogP contribution in [0.1, 0.15) is 32.8 Å². The van der Waals surface area contributed by atoms with Crippen LogP contribution in [-0.2, 0) is 26.2 Å². The van der Waals surface area contributed by atoms with Crippen molar-refractivity contribution in [3.8, 4) is 17.2 Å². The summed E-state index contributed by atoms with van der Waals surface area (Å²) in [4.78, 5) is 28.9. The Hall–Kier alpha value is -4.25. The molecule has 10 nitrogen and oxygen atoms in total. The minimum absolute atomic E-state index is 0.0785. The number of carbonyl (C=O) groups is 2. The summed E-state index contributed by atoms with van der Waals surface area (Å²) in [5, 5.41) is 2.93. The van der Waals surface area contributed by atoms with Crippen LogP contribution in [0.4, 0.5) is 5.69 Å². The highest BCUT2D eigenvalue weighted by Crippen LogP contribution is 2.32. The number of nitrogens with zero attached hydrogens (tertiary/aromatic N) is 2. The molecule has 2 amide bonds. The second-order valence-corrected chi connectivity index (χ2v) is 12.2. The van der Waals surface area contributed by atoms with Gasteiger partial charge in [-0.3, -0.25) is 13.9 Å². The molecule has 0 radical (unpaired) electrons. The van der Waals surface area contributed by atoms with Crippen molar-refractivity contribution in [2.45, 2.75) is 44.7 Å². The number of ether oxygens (including phenoxy) is 3. The standard InChI is InChI=1S/C32H41N3O7S/c1-7-28(32(37)33-20-23(2)3)34(21-24-13-15-26(40-4)16-14-24)31(36)22-35(25-11-9-8-10-12-25)43(38,39)27-17-18-29(41-5)30(19-27)42-6/h8-19,23,28H,7,20-22H2,1-6H3,(H,33,37)/t28-/m1/s1. The number of carbonyl (C=O) groups excluding carboxylic acids is 2. The Morgan fingerprint density at radius 2 is 1.51 bits per heavy atom. The van der Waals surface area contributed by atoms with Crippen LogP contribution >= 0.6 is 0 Å². The number of benzene rings is 3. The fourth-order valence-electron chi connectivity index (χ4n) is 4.50. The smallest absolute Gasteiger partial charge is 0.264 e. The van der Waals surface area contributed by atoms with Crippen molar-refractivity contribution in [3.05, 3.63) is 78.4 Å². The van der Waals surface area contributed by atoms with Gasteiger partial charge in [-0.15, -0.1) is 0 Å². The van der Waals surface area contributed by atoms with Gasteiger partial charge in [-0.25, -0.2) is 8.42 Å². The Kier molecular flexibility index (Phi) is 11.8. The van der Waals surface area contributed by atoms with E-state index in [1.807, 2.05) is 32.9 Å². The number of hydrogen-bond acceptors (Lipinski definition) is 7. The van der Waals surface area contributed by atoms with Crippen LogP contribution in [0.25, 0.3) is 0 Å². The van der Waals surface area contributed by atoms with Crippen molar-refractivity contribution in [2.75, 3.05) is 38.7 Å². The summed E-state index contributed by atoms with van der Waals surface area (Å²) in [5.74, 6) is 0.638. The minimum atomic E-state index is -4.26. The van der Waals surface area contributed by atoms with Gasteiger partial charge in [-0.2, -0.15) is 0 Å². The zero-order valence-corrected chi connectivity index (χ0v) is 26.4. The van der Waals surface area contributed by atoms with Gasteiger partial charge >= 0.3 is 0 Å². The van der Waals surface area contributed by atoms with Crippen LogP contribution in [-0.4, -0.2) is 65.6 Å². The maximum Gasteiger partial charge on any atom is 0.264 e. The number of anilines is 1. The Morgan fingerprint density at radius 3 is 2.07 bits per heavy atom. The van der Waals surface area contributed by atoms with Crippen LogP contribution in [0.5, 0.6) is 17.2 Å². The molecule has 3 aromatic carbocycles. The first kappa shape index (κ1) is 33.3. The molecule has 1 atom stereocenters. The molecule has 0 heterocycles. The van der Waals surface area contributed by atoms with E-state index in [9.17, 15) is 18.0 Å². The van der Waals surface area contributed by atoms with E-state index in [2.05, 4.69) is 5.32 Å². The second-order valence-electron chi connectivity index (χ2n) is 10.3. The largest absolute Gasteiger partial charge is 0.497 e. The van der Waals surface area contributed by atoms with Crippen molar-refractivity contribution < 1.29 is 32.2 Å². The maximum atomic E-state index is 14.2. The monoisotopic (exact) mass is 611 g/mol. The average molecular weight is 612 g/mol. The number of rotatable bonds is 15. The van der Waals surface area contributed by atoms with Crippen LogP contribution in [0.2, 0.25) is 0 Å². The van der Waals surface area contributed by atoms with Crippen molar-refractivity contribution in [1.29, 1.82) is 0 Å². The molecule has 11 heteroatoms. The summed E-state index contributed by atoms with van der Waals surface area (Å²) in [6.07, 6.45) is 0.333. The number of sulfonamides is 1. The predicted molar refractivity (Wildman–Crippen MR) is 166 cm³/mol. The Labute approximate surface area is 254 Å². The number of methoxy groups -OCH3 is 3. The fourth-order valence-corrected chi connectivity index (χ4v) is 5.93. The summed E-state index contributed by atoms with van der Waals surface area (Å²) in [6.45, 7) is 5.80. The lowest BCUT2D eigenvalue weighted by atomic mass is 10.1. The van der Waals surface area contributed by atoms with E-state index in [-0.39, 0.29) is 29.0 Å². The van der Waals surface area contributed by atoms with Gasteiger partial charge < -0.3 is 24.4 Å². The number of nitrogens with one attached hydrogen (secondary N) is 1. The molecule has 0 aromatic heterocycles. The topological polar surface area (TPSA) is 114 Å². The highest BCUT2D eigenvalue weighted by Gasteiger charge is 2.34. The van der Waals surface area contributed by atoms with Gasteiger partial charge in [-0.1, -0.05) is 51.1 Å². The van der Waals surface area contributed by atoms with Gasteiger partial charge in [0.15, 0.2) is 11.5 Å². The van der Waals surface area contributed by atoms with Crippen molar-refractivity contribution in [3.63, 3.8) is 0 Å². The lowest BCUT2D eigenvalue weighted by Gasteiger charge is -2.33. The lowest BCUT2D eigenvalue weighted by Crippen LogP contribution is -2.52. The minimum Gasteiger partial charge on any atom is -0.497 e. The van der Waals surface area contributed by atoms with E-state index in [4.69, 9.17) is 14.2 Å². The molecule has 3 rings (SSSR count). The molecule has 0 unspecified atom stereocenters. The van der Waals surface area contributed by atoms with Crippen LogP contribution in [0.3, 0.4) is 0 Å². The maximum absolute atomic E-state index is 14.2. The molecule has 0 aliphatic rings. The molecule has 0 fully saturated rings. The average Bonchev–Trinajstić information content (AvgIpc) is 3.02.